The van der Waals surface area contributed by atoms with Crippen molar-refractivity contribution in [2.75, 3.05) is 6.61 Å². The van der Waals surface area contributed by atoms with Crippen LogP contribution < -0.4 is 0 Å². The second-order valence-corrected chi connectivity index (χ2v) is 8.21. The number of aryl methyl sites for hydroxylation is 1. The molecule has 0 saturated carbocycles. The van der Waals surface area contributed by atoms with E-state index in [2.05, 4.69) is 21.0 Å². The summed E-state index contributed by atoms with van der Waals surface area (Å²) in [5.41, 5.74) is 3.56. The fourth-order valence-electron chi connectivity index (χ4n) is 3.83. The highest BCUT2D eigenvalue weighted by Crippen LogP contribution is 2.28. The second kappa shape index (κ2) is 8.04. The minimum Gasteiger partial charge on any atom is -0.476 e. The number of carbonyl (C=O) groups excluding carboxylic acids is 1. The number of aromatic nitrogens is 2. The Kier molecular flexibility index (Phi) is 5.44. The van der Waals surface area contributed by atoms with Crippen LogP contribution in [0.25, 0.3) is 5.69 Å². The molecule has 1 aliphatic rings. The van der Waals surface area contributed by atoms with Gasteiger partial charge in [0.25, 0.3) is 5.91 Å². The first-order valence-corrected chi connectivity index (χ1v) is 10.3. The average Bonchev–Trinajstić information content (AvgIpc) is 3.14. The second-order valence-electron chi connectivity index (χ2n) is 7.29. The first-order valence-electron chi connectivity index (χ1n) is 9.47. The Morgan fingerprint density at radius 1 is 1.17 bits per heavy atom. The Hall–Kier alpha value is -2.97. The first kappa shape index (κ1) is 20.3. The molecule has 8 heteroatoms. The van der Waals surface area contributed by atoms with Gasteiger partial charge < -0.3 is 15.1 Å². The molecule has 0 saturated heterocycles. The number of hydrogen-bond donors (Lipinski definition) is 2. The van der Waals surface area contributed by atoms with Crippen molar-refractivity contribution in [2.24, 2.45) is 0 Å². The molecule has 4 rings (SSSR count). The van der Waals surface area contributed by atoms with Crippen molar-refractivity contribution in [1.82, 2.24) is 14.7 Å². The van der Waals surface area contributed by atoms with Crippen LogP contribution in [0, 0.1) is 6.92 Å². The van der Waals surface area contributed by atoms with Gasteiger partial charge in [-0.05, 0) is 48.7 Å². The number of aromatic carboxylic acids is 1. The number of rotatable bonds is 4. The van der Waals surface area contributed by atoms with Gasteiger partial charge in [0.1, 0.15) is 0 Å². The molecule has 0 radical (unpaired) electrons. The third kappa shape index (κ3) is 3.64. The van der Waals surface area contributed by atoms with Crippen LogP contribution in [0.15, 0.2) is 53.0 Å². The van der Waals surface area contributed by atoms with Gasteiger partial charge in [0, 0.05) is 16.7 Å². The van der Waals surface area contributed by atoms with E-state index in [1.54, 1.807) is 30.0 Å². The summed E-state index contributed by atoms with van der Waals surface area (Å²) in [5, 5.41) is 23.4. The molecule has 2 aromatic carbocycles. The Bertz CT molecular complexity index is 1140. The largest absolute Gasteiger partial charge is 0.476 e. The van der Waals surface area contributed by atoms with Gasteiger partial charge in [-0.15, -0.1) is 0 Å². The zero-order chi connectivity index (χ0) is 21.4. The number of benzene rings is 2. The highest BCUT2D eigenvalue weighted by Gasteiger charge is 2.31. The van der Waals surface area contributed by atoms with Gasteiger partial charge in [-0.1, -0.05) is 40.2 Å². The number of carbonyl (C=O) groups is 2. The van der Waals surface area contributed by atoms with E-state index < -0.39 is 5.97 Å². The maximum Gasteiger partial charge on any atom is 0.356 e. The molecule has 0 spiro atoms. The van der Waals surface area contributed by atoms with Gasteiger partial charge in [-0.2, -0.15) is 5.10 Å². The predicted molar refractivity (Wildman–Crippen MR) is 114 cm³/mol. The Balaban J connectivity index is 1.78. The smallest absolute Gasteiger partial charge is 0.356 e. The molecule has 154 valence electrons. The summed E-state index contributed by atoms with van der Waals surface area (Å²) in [6.45, 7) is 1.99. The molecule has 1 aliphatic heterocycles. The molecule has 2 heterocycles. The number of carboxylic acid groups (broad SMARTS) is 1. The molecule has 0 fully saturated rings. The standard InChI is InChI=1S/C22H20BrN3O4/c1-13-8-19(22(29)30)24-26(13)20-7-6-16(23)10-18(20)21(28)25-11-15-5-3-2-4-14(15)9-17(25)12-27/h2-8,10,17,27H,9,11-12H2,1H3,(H,29,30). The van der Waals surface area contributed by atoms with Crippen molar-refractivity contribution in [2.45, 2.75) is 25.9 Å². The lowest BCUT2D eigenvalue weighted by Gasteiger charge is -2.36. The van der Waals surface area contributed by atoms with Crippen LogP contribution in [0.5, 0.6) is 0 Å². The molecule has 1 unspecified atom stereocenters. The van der Waals surface area contributed by atoms with Crippen molar-refractivity contribution < 1.29 is 19.8 Å². The maximum absolute atomic E-state index is 13.6. The van der Waals surface area contributed by atoms with E-state index in [1.165, 1.54) is 10.7 Å². The van der Waals surface area contributed by atoms with Gasteiger partial charge in [-0.3, -0.25) is 4.79 Å². The highest BCUT2D eigenvalue weighted by atomic mass is 79.9. The van der Waals surface area contributed by atoms with E-state index in [0.29, 0.717) is 29.9 Å². The van der Waals surface area contributed by atoms with Crippen LogP contribution in [-0.4, -0.2) is 49.4 Å². The van der Waals surface area contributed by atoms with Gasteiger partial charge in [0.2, 0.25) is 0 Å². The van der Waals surface area contributed by atoms with Crippen LogP contribution in [0.4, 0.5) is 0 Å². The molecule has 1 aromatic heterocycles. The monoisotopic (exact) mass is 469 g/mol. The van der Waals surface area contributed by atoms with Gasteiger partial charge in [0.05, 0.1) is 23.9 Å². The summed E-state index contributed by atoms with van der Waals surface area (Å²) in [4.78, 5) is 26.6. The number of hydrogen-bond acceptors (Lipinski definition) is 4. The molecule has 3 aromatic rings. The lowest BCUT2D eigenvalue weighted by molar-refractivity contribution is 0.0544. The Morgan fingerprint density at radius 2 is 1.90 bits per heavy atom. The lowest BCUT2D eigenvalue weighted by Crippen LogP contribution is -2.46. The van der Waals surface area contributed by atoms with E-state index in [1.807, 2.05) is 24.3 Å². The van der Waals surface area contributed by atoms with Crippen molar-refractivity contribution in [3.05, 3.63) is 81.1 Å². The maximum atomic E-state index is 13.6. The summed E-state index contributed by atoms with van der Waals surface area (Å²) in [7, 11) is 0. The third-order valence-corrected chi connectivity index (χ3v) is 5.84. The minimum absolute atomic E-state index is 0.0889. The van der Waals surface area contributed by atoms with E-state index in [9.17, 15) is 19.8 Å². The van der Waals surface area contributed by atoms with Crippen LogP contribution in [0.3, 0.4) is 0 Å². The van der Waals surface area contributed by atoms with Crippen molar-refractivity contribution in [3.63, 3.8) is 0 Å². The number of amides is 1. The molecule has 30 heavy (non-hydrogen) atoms. The summed E-state index contributed by atoms with van der Waals surface area (Å²) in [6.07, 6.45) is 0.575. The molecule has 0 aliphatic carbocycles. The molecule has 2 N–H and O–H groups in total. The Labute approximate surface area is 181 Å². The summed E-state index contributed by atoms with van der Waals surface area (Å²) >= 11 is 3.42. The average molecular weight is 470 g/mol. The van der Waals surface area contributed by atoms with E-state index in [0.717, 1.165) is 15.6 Å². The molecule has 1 atom stereocenters. The molecule has 0 bridgehead atoms. The minimum atomic E-state index is -1.13. The normalized spacial score (nSPS) is 15.7. The highest BCUT2D eigenvalue weighted by molar-refractivity contribution is 9.10. The number of aliphatic hydroxyl groups is 1. The molecule has 1 amide bonds. The Morgan fingerprint density at radius 3 is 2.57 bits per heavy atom. The van der Waals surface area contributed by atoms with Crippen LogP contribution in [0.2, 0.25) is 0 Å². The zero-order valence-electron chi connectivity index (χ0n) is 16.2. The summed E-state index contributed by atoms with van der Waals surface area (Å²) in [6, 6.07) is 14.2. The first-order chi connectivity index (χ1) is 14.4. The molecular weight excluding hydrogens is 450 g/mol. The number of carboxylic acids is 1. The fraction of sp³-hybridized carbons (Fsp3) is 0.227. The number of fused-ring (bicyclic) bond motifs is 1. The predicted octanol–water partition coefficient (Wildman–Crippen LogP) is 3.20. The van der Waals surface area contributed by atoms with Crippen molar-refractivity contribution in [3.8, 4) is 5.69 Å². The van der Waals surface area contributed by atoms with Crippen molar-refractivity contribution in [1.29, 1.82) is 0 Å². The van der Waals surface area contributed by atoms with E-state index in [4.69, 9.17) is 0 Å². The van der Waals surface area contributed by atoms with Crippen LogP contribution in [-0.2, 0) is 13.0 Å². The molecular formula is C22H20BrN3O4. The van der Waals surface area contributed by atoms with Crippen LogP contribution >= 0.6 is 15.9 Å². The number of halogens is 1. The van der Waals surface area contributed by atoms with Crippen molar-refractivity contribution >= 4 is 27.8 Å². The fourth-order valence-corrected chi connectivity index (χ4v) is 4.19. The lowest BCUT2D eigenvalue weighted by atomic mass is 9.93. The summed E-state index contributed by atoms with van der Waals surface area (Å²) < 4.78 is 2.19. The number of nitrogens with zero attached hydrogens (tertiary/aromatic N) is 3. The number of aliphatic hydroxyl groups excluding tert-OH is 1. The van der Waals surface area contributed by atoms with Gasteiger partial charge in [-0.25, -0.2) is 9.48 Å². The molecule has 7 nitrogen and oxygen atoms in total. The van der Waals surface area contributed by atoms with E-state index >= 15 is 0 Å². The van der Waals surface area contributed by atoms with Gasteiger partial charge in [0.15, 0.2) is 5.69 Å². The topological polar surface area (TPSA) is 95.7 Å². The zero-order valence-corrected chi connectivity index (χ0v) is 17.8. The SMILES string of the molecule is Cc1cc(C(=O)O)nn1-c1ccc(Br)cc1C(=O)N1Cc2ccccc2CC1CO. The van der Waals surface area contributed by atoms with Gasteiger partial charge >= 0.3 is 5.97 Å². The third-order valence-electron chi connectivity index (χ3n) is 5.35. The quantitative estimate of drug-likeness (QED) is 0.611. The van der Waals surface area contributed by atoms with Crippen LogP contribution in [0.1, 0.15) is 37.7 Å². The van der Waals surface area contributed by atoms with E-state index in [-0.39, 0.29) is 24.2 Å². The summed E-state index contributed by atoms with van der Waals surface area (Å²) in [5.74, 6) is -1.37.